The maximum absolute atomic E-state index is 11.1. The first kappa shape index (κ1) is 15.2. The molecule has 0 aliphatic rings. The average Bonchev–Trinajstić information content (AvgIpc) is 2.41. The maximum Gasteiger partial charge on any atom is 0.335 e. The molecule has 0 unspecified atom stereocenters. The van der Waals surface area contributed by atoms with Gasteiger partial charge in [0.15, 0.2) is 0 Å². The van der Waals surface area contributed by atoms with Gasteiger partial charge in [0.1, 0.15) is 5.15 Å². The highest BCUT2D eigenvalue weighted by atomic mass is 35.5. The highest BCUT2D eigenvalue weighted by molar-refractivity contribution is 7.98. The molecule has 0 radical (unpaired) electrons. The molecule has 1 N–H and O–H groups in total. The number of thioether (sulfide) groups is 1. The smallest absolute Gasteiger partial charge is 0.335 e. The molecular formula is C14H11Cl2NO2S. The van der Waals surface area contributed by atoms with Gasteiger partial charge in [-0.2, -0.15) is 0 Å². The van der Waals surface area contributed by atoms with E-state index in [-0.39, 0.29) is 0 Å². The quantitative estimate of drug-likeness (QED) is 0.653. The number of hydrogen-bond donors (Lipinski definition) is 1. The average molecular weight is 328 g/mol. The number of carboxylic acid groups (broad SMARTS) is 1. The van der Waals surface area contributed by atoms with Crippen LogP contribution in [0.3, 0.4) is 0 Å². The zero-order chi connectivity index (χ0) is 14.7. The molecule has 1 aromatic heterocycles. The van der Waals surface area contributed by atoms with Crippen molar-refractivity contribution >= 4 is 40.9 Å². The molecule has 104 valence electrons. The van der Waals surface area contributed by atoms with Crippen molar-refractivity contribution in [1.29, 1.82) is 0 Å². The van der Waals surface area contributed by atoms with Crippen LogP contribution in [0.4, 0.5) is 0 Å². The van der Waals surface area contributed by atoms with E-state index in [0.717, 1.165) is 10.5 Å². The van der Waals surface area contributed by atoms with Crippen LogP contribution in [-0.2, 0) is 5.75 Å². The SMILES string of the molecule is Cc1ccc(SCc2nc(Cl)ccc2Cl)cc1C(=O)O. The number of halogens is 2. The van der Waals surface area contributed by atoms with Crippen molar-refractivity contribution in [2.45, 2.75) is 17.6 Å². The number of aromatic nitrogens is 1. The second kappa shape index (κ2) is 6.48. The Bertz CT molecular complexity index is 662. The summed E-state index contributed by atoms with van der Waals surface area (Å²) < 4.78 is 0. The van der Waals surface area contributed by atoms with Crippen LogP contribution in [0.5, 0.6) is 0 Å². The lowest BCUT2D eigenvalue weighted by Crippen LogP contribution is -1.99. The van der Waals surface area contributed by atoms with Crippen molar-refractivity contribution in [2.24, 2.45) is 0 Å². The van der Waals surface area contributed by atoms with E-state index in [1.165, 1.54) is 11.8 Å². The monoisotopic (exact) mass is 327 g/mol. The van der Waals surface area contributed by atoms with Crippen LogP contribution in [0.25, 0.3) is 0 Å². The largest absolute Gasteiger partial charge is 0.478 e. The molecule has 0 amide bonds. The minimum Gasteiger partial charge on any atom is -0.478 e. The molecule has 1 aromatic carbocycles. The molecule has 0 saturated heterocycles. The molecule has 0 aliphatic heterocycles. The van der Waals surface area contributed by atoms with Crippen LogP contribution in [-0.4, -0.2) is 16.1 Å². The van der Waals surface area contributed by atoms with E-state index >= 15 is 0 Å². The minimum atomic E-state index is -0.927. The van der Waals surface area contributed by atoms with Crippen LogP contribution < -0.4 is 0 Å². The number of aromatic carboxylic acids is 1. The number of hydrogen-bond acceptors (Lipinski definition) is 3. The van der Waals surface area contributed by atoms with Crippen LogP contribution in [0, 0.1) is 6.92 Å². The Hall–Kier alpha value is -1.23. The third kappa shape index (κ3) is 3.66. The molecule has 1 heterocycles. The lowest BCUT2D eigenvalue weighted by Gasteiger charge is -2.06. The zero-order valence-corrected chi connectivity index (χ0v) is 12.9. The summed E-state index contributed by atoms with van der Waals surface area (Å²) in [6.45, 7) is 1.77. The van der Waals surface area contributed by atoms with Crippen molar-refractivity contribution in [1.82, 2.24) is 4.98 Å². The topological polar surface area (TPSA) is 50.2 Å². The first-order valence-corrected chi connectivity index (χ1v) is 7.49. The third-order valence-corrected chi connectivity index (χ3v) is 4.26. The molecule has 0 saturated carbocycles. The van der Waals surface area contributed by atoms with Crippen LogP contribution in [0.15, 0.2) is 35.2 Å². The summed E-state index contributed by atoms with van der Waals surface area (Å²) in [6.07, 6.45) is 0. The van der Waals surface area contributed by atoms with Gasteiger partial charge in [-0.1, -0.05) is 29.3 Å². The van der Waals surface area contributed by atoms with E-state index in [1.54, 1.807) is 31.2 Å². The van der Waals surface area contributed by atoms with Gasteiger partial charge in [-0.05, 0) is 36.8 Å². The summed E-state index contributed by atoms with van der Waals surface area (Å²) in [7, 11) is 0. The third-order valence-electron chi connectivity index (χ3n) is 2.70. The standard InChI is InChI=1S/C14H11Cl2NO2S/c1-8-2-3-9(6-10(8)14(18)19)20-7-12-11(15)4-5-13(16)17-12/h2-6H,7H2,1H3,(H,18,19). The number of nitrogens with zero attached hydrogens (tertiary/aromatic N) is 1. The Labute approximate surface area is 130 Å². The lowest BCUT2D eigenvalue weighted by molar-refractivity contribution is 0.0696. The predicted molar refractivity (Wildman–Crippen MR) is 82.0 cm³/mol. The predicted octanol–water partition coefficient (Wildman–Crippen LogP) is 4.69. The number of pyridine rings is 1. The molecule has 2 aromatic rings. The normalized spacial score (nSPS) is 10.6. The second-order valence-corrected chi connectivity index (χ2v) is 5.98. The summed E-state index contributed by atoms with van der Waals surface area (Å²) >= 11 is 13.3. The molecular weight excluding hydrogens is 317 g/mol. The van der Waals surface area contributed by atoms with Gasteiger partial charge in [0.25, 0.3) is 0 Å². The lowest BCUT2D eigenvalue weighted by atomic mass is 10.1. The van der Waals surface area contributed by atoms with Crippen molar-refractivity contribution in [3.8, 4) is 0 Å². The summed E-state index contributed by atoms with van der Waals surface area (Å²) in [4.78, 5) is 16.1. The fourth-order valence-electron chi connectivity index (χ4n) is 1.63. The zero-order valence-electron chi connectivity index (χ0n) is 10.6. The Morgan fingerprint density at radius 3 is 2.75 bits per heavy atom. The maximum atomic E-state index is 11.1. The summed E-state index contributed by atoms with van der Waals surface area (Å²) in [5, 5.41) is 10.0. The van der Waals surface area contributed by atoms with Crippen LogP contribution in [0.1, 0.15) is 21.6 Å². The molecule has 0 atom stereocenters. The van der Waals surface area contributed by atoms with Gasteiger partial charge in [-0.15, -0.1) is 11.8 Å². The molecule has 0 spiro atoms. The first-order chi connectivity index (χ1) is 9.47. The van der Waals surface area contributed by atoms with Gasteiger partial charge in [-0.25, -0.2) is 9.78 Å². The van der Waals surface area contributed by atoms with E-state index in [4.69, 9.17) is 28.3 Å². The molecule has 20 heavy (non-hydrogen) atoms. The highest BCUT2D eigenvalue weighted by Crippen LogP contribution is 2.28. The minimum absolute atomic E-state index is 0.306. The summed E-state index contributed by atoms with van der Waals surface area (Å²) in [5.74, 6) is -0.398. The molecule has 3 nitrogen and oxygen atoms in total. The molecule has 0 fully saturated rings. The van der Waals surface area contributed by atoms with Crippen molar-refractivity contribution < 1.29 is 9.90 Å². The number of rotatable bonds is 4. The number of carboxylic acids is 1. The number of carbonyl (C=O) groups is 1. The Morgan fingerprint density at radius 2 is 2.05 bits per heavy atom. The molecule has 2 rings (SSSR count). The van der Waals surface area contributed by atoms with Gasteiger partial charge in [-0.3, -0.25) is 0 Å². The van der Waals surface area contributed by atoms with Crippen molar-refractivity contribution in [2.75, 3.05) is 0 Å². The Morgan fingerprint density at radius 1 is 1.30 bits per heavy atom. The van der Waals surface area contributed by atoms with E-state index in [1.807, 2.05) is 6.07 Å². The molecule has 0 aliphatic carbocycles. The van der Waals surface area contributed by atoms with E-state index in [2.05, 4.69) is 4.98 Å². The molecule has 6 heteroatoms. The summed E-state index contributed by atoms with van der Waals surface area (Å²) in [5.41, 5.74) is 1.72. The van der Waals surface area contributed by atoms with Crippen molar-refractivity contribution in [3.05, 3.63) is 57.3 Å². The summed E-state index contributed by atoms with van der Waals surface area (Å²) in [6, 6.07) is 8.65. The highest BCUT2D eigenvalue weighted by Gasteiger charge is 2.09. The fourth-order valence-corrected chi connectivity index (χ4v) is 2.94. The van der Waals surface area contributed by atoms with Gasteiger partial charge < -0.3 is 5.11 Å². The molecule has 0 bridgehead atoms. The van der Waals surface area contributed by atoms with E-state index in [0.29, 0.717) is 27.2 Å². The number of aryl methyl sites for hydroxylation is 1. The van der Waals surface area contributed by atoms with Crippen molar-refractivity contribution in [3.63, 3.8) is 0 Å². The number of benzene rings is 1. The van der Waals surface area contributed by atoms with E-state index in [9.17, 15) is 4.79 Å². The van der Waals surface area contributed by atoms with Gasteiger partial charge in [0, 0.05) is 10.6 Å². The second-order valence-electron chi connectivity index (χ2n) is 4.13. The van der Waals surface area contributed by atoms with Gasteiger partial charge in [0.2, 0.25) is 0 Å². The van der Waals surface area contributed by atoms with Crippen LogP contribution in [0.2, 0.25) is 10.2 Å². The fraction of sp³-hybridized carbons (Fsp3) is 0.143. The van der Waals surface area contributed by atoms with Gasteiger partial charge >= 0.3 is 5.97 Å². The first-order valence-electron chi connectivity index (χ1n) is 5.75. The van der Waals surface area contributed by atoms with Crippen LogP contribution >= 0.6 is 35.0 Å². The Balaban J connectivity index is 2.17. The van der Waals surface area contributed by atoms with Gasteiger partial charge in [0.05, 0.1) is 16.3 Å². The van der Waals surface area contributed by atoms with E-state index < -0.39 is 5.97 Å². The Kier molecular flexibility index (Phi) is 4.91.